The average Bonchev–Trinajstić information content (AvgIpc) is 2.45. The number of esters is 2. The van der Waals surface area contributed by atoms with E-state index in [4.69, 9.17) is 9.84 Å². The third kappa shape index (κ3) is 5.67. The molecule has 2 atom stereocenters. The van der Waals surface area contributed by atoms with Gasteiger partial charge in [0.05, 0.1) is 0 Å². The second kappa shape index (κ2) is 8.12. The maximum atomic E-state index is 11.5. The topological polar surface area (TPSA) is 72.8 Å². The van der Waals surface area contributed by atoms with Crippen LogP contribution >= 0.6 is 0 Å². The van der Waals surface area contributed by atoms with Crippen LogP contribution in [0.15, 0.2) is 42.5 Å². The second-order valence-electron chi connectivity index (χ2n) is 4.12. The van der Waals surface area contributed by atoms with Gasteiger partial charge in [-0.25, -0.2) is 9.59 Å². The Hall–Kier alpha value is -2.14. The van der Waals surface area contributed by atoms with Gasteiger partial charge in [0.25, 0.3) is 0 Å². The minimum absolute atomic E-state index is 0.287. The van der Waals surface area contributed by atoms with Crippen molar-refractivity contribution in [3.63, 3.8) is 0 Å². The van der Waals surface area contributed by atoms with Gasteiger partial charge in [0.2, 0.25) is 6.29 Å². The SMILES string of the molecule is CCC(O)OC(=O)/C=C\C(=O)OC(C)c1ccccc1. The van der Waals surface area contributed by atoms with Crippen LogP contribution < -0.4 is 0 Å². The van der Waals surface area contributed by atoms with E-state index in [0.717, 1.165) is 17.7 Å². The monoisotopic (exact) mass is 278 g/mol. The Morgan fingerprint density at radius 2 is 1.70 bits per heavy atom. The van der Waals surface area contributed by atoms with E-state index in [0.29, 0.717) is 0 Å². The van der Waals surface area contributed by atoms with E-state index in [9.17, 15) is 9.59 Å². The molecule has 0 aliphatic heterocycles. The summed E-state index contributed by atoms with van der Waals surface area (Å²) in [6.07, 6.45) is 0.620. The van der Waals surface area contributed by atoms with Crippen LogP contribution in [0.1, 0.15) is 31.9 Å². The van der Waals surface area contributed by atoms with Gasteiger partial charge in [-0.15, -0.1) is 0 Å². The first kappa shape index (κ1) is 15.9. The fourth-order valence-corrected chi connectivity index (χ4v) is 1.40. The third-order valence-corrected chi connectivity index (χ3v) is 2.52. The van der Waals surface area contributed by atoms with Crippen LogP contribution in [-0.4, -0.2) is 23.3 Å². The van der Waals surface area contributed by atoms with Gasteiger partial charge >= 0.3 is 11.9 Å². The molecular weight excluding hydrogens is 260 g/mol. The van der Waals surface area contributed by atoms with Gasteiger partial charge in [-0.2, -0.15) is 0 Å². The summed E-state index contributed by atoms with van der Waals surface area (Å²) in [7, 11) is 0. The number of hydrogen-bond acceptors (Lipinski definition) is 5. The maximum Gasteiger partial charge on any atom is 0.333 e. The van der Waals surface area contributed by atoms with Gasteiger partial charge in [-0.3, -0.25) is 0 Å². The first-order valence-electron chi connectivity index (χ1n) is 6.35. The zero-order chi connectivity index (χ0) is 15.0. The van der Waals surface area contributed by atoms with E-state index in [1.54, 1.807) is 13.8 Å². The lowest BCUT2D eigenvalue weighted by atomic mass is 10.1. The highest BCUT2D eigenvalue weighted by atomic mass is 16.6. The highest BCUT2D eigenvalue weighted by molar-refractivity contribution is 5.91. The molecule has 1 rings (SSSR count). The average molecular weight is 278 g/mol. The molecule has 1 aromatic carbocycles. The van der Waals surface area contributed by atoms with Crippen molar-refractivity contribution in [2.24, 2.45) is 0 Å². The summed E-state index contributed by atoms with van der Waals surface area (Å²) in [5, 5.41) is 9.09. The molecule has 1 N–H and O–H groups in total. The molecule has 0 aliphatic rings. The summed E-state index contributed by atoms with van der Waals surface area (Å²) in [5.74, 6) is -1.44. The first-order chi connectivity index (χ1) is 9.52. The number of carbonyl (C=O) groups is 2. The number of ether oxygens (including phenoxy) is 2. The fourth-order valence-electron chi connectivity index (χ4n) is 1.40. The van der Waals surface area contributed by atoms with Crippen molar-refractivity contribution >= 4 is 11.9 Å². The Kier molecular flexibility index (Phi) is 6.46. The molecule has 0 aromatic heterocycles. The Morgan fingerprint density at radius 3 is 2.25 bits per heavy atom. The molecule has 5 heteroatoms. The fraction of sp³-hybridized carbons (Fsp3) is 0.333. The van der Waals surface area contributed by atoms with Crippen LogP contribution in [0.4, 0.5) is 0 Å². The zero-order valence-electron chi connectivity index (χ0n) is 11.5. The molecule has 5 nitrogen and oxygen atoms in total. The van der Waals surface area contributed by atoms with Crippen molar-refractivity contribution in [1.82, 2.24) is 0 Å². The summed E-state index contributed by atoms with van der Waals surface area (Å²) < 4.78 is 9.68. The van der Waals surface area contributed by atoms with Crippen LogP contribution in [0.2, 0.25) is 0 Å². The third-order valence-electron chi connectivity index (χ3n) is 2.52. The lowest BCUT2D eigenvalue weighted by Crippen LogP contribution is -2.15. The predicted molar refractivity (Wildman–Crippen MR) is 72.5 cm³/mol. The number of rotatable bonds is 6. The van der Waals surface area contributed by atoms with Gasteiger partial charge in [0.1, 0.15) is 6.10 Å². The van der Waals surface area contributed by atoms with Crippen molar-refractivity contribution in [1.29, 1.82) is 0 Å². The number of hydrogen-bond donors (Lipinski definition) is 1. The summed E-state index contributed by atoms with van der Waals surface area (Å²) in [4.78, 5) is 22.7. The van der Waals surface area contributed by atoms with Crippen molar-refractivity contribution < 1.29 is 24.2 Å². The molecule has 1 aromatic rings. The highest BCUT2D eigenvalue weighted by Crippen LogP contribution is 2.16. The maximum absolute atomic E-state index is 11.5. The molecule has 0 saturated heterocycles. The van der Waals surface area contributed by atoms with E-state index >= 15 is 0 Å². The van der Waals surface area contributed by atoms with E-state index in [1.165, 1.54) is 0 Å². The number of benzene rings is 1. The minimum atomic E-state index is -1.16. The van der Waals surface area contributed by atoms with Gasteiger partial charge < -0.3 is 14.6 Å². The van der Waals surface area contributed by atoms with E-state index < -0.39 is 24.3 Å². The summed E-state index contributed by atoms with van der Waals surface area (Å²) in [6, 6.07) is 9.24. The number of aliphatic hydroxyl groups is 1. The molecule has 0 saturated carbocycles. The zero-order valence-corrected chi connectivity index (χ0v) is 11.5. The van der Waals surface area contributed by atoms with Gasteiger partial charge in [-0.05, 0) is 12.5 Å². The molecule has 0 amide bonds. The van der Waals surface area contributed by atoms with E-state index in [2.05, 4.69) is 4.74 Å². The van der Waals surface area contributed by atoms with Crippen LogP contribution in [0.3, 0.4) is 0 Å². The van der Waals surface area contributed by atoms with Gasteiger partial charge in [0.15, 0.2) is 0 Å². The first-order valence-corrected chi connectivity index (χ1v) is 6.35. The van der Waals surface area contributed by atoms with Crippen LogP contribution in [0, 0.1) is 0 Å². The Balaban J connectivity index is 2.45. The number of carbonyl (C=O) groups excluding carboxylic acids is 2. The molecule has 0 heterocycles. The van der Waals surface area contributed by atoms with Crippen molar-refractivity contribution in [2.45, 2.75) is 32.7 Å². The smallest absolute Gasteiger partial charge is 0.333 e. The molecule has 0 radical (unpaired) electrons. The van der Waals surface area contributed by atoms with Crippen molar-refractivity contribution in [3.8, 4) is 0 Å². The van der Waals surface area contributed by atoms with Crippen molar-refractivity contribution in [2.75, 3.05) is 0 Å². The van der Waals surface area contributed by atoms with E-state index in [-0.39, 0.29) is 6.42 Å². The van der Waals surface area contributed by atoms with Gasteiger partial charge in [0, 0.05) is 18.6 Å². The number of aliphatic hydroxyl groups excluding tert-OH is 1. The molecule has 2 unspecified atom stereocenters. The lowest BCUT2D eigenvalue weighted by molar-refractivity contribution is -0.162. The molecular formula is C15H18O5. The molecule has 108 valence electrons. The normalized spacial score (nSPS) is 13.8. The summed E-state index contributed by atoms with van der Waals surface area (Å²) >= 11 is 0. The molecule has 0 bridgehead atoms. The molecule has 20 heavy (non-hydrogen) atoms. The summed E-state index contributed by atoms with van der Waals surface area (Å²) in [6.45, 7) is 3.40. The molecule has 0 fully saturated rings. The van der Waals surface area contributed by atoms with Crippen molar-refractivity contribution in [3.05, 3.63) is 48.0 Å². The second-order valence-corrected chi connectivity index (χ2v) is 4.12. The standard InChI is InChI=1S/C15H18O5/c1-3-13(16)20-15(18)10-9-14(17)19-11(2)12-7-5-4-6-8-12/h4-11,13,16H,3H2,1-2H3/b10-9-. The Morgan fingerprint density at radius 1 is 1.15 bits per heavy atom. The van der Waals surface area contributed by atoms with Crippen LogP contribution in [-0.2, 0) is 19.1 Å². The van der Waals surface area contributed by atoms with Gasteiger partial charge in [-0.1, -0.05) is 37.3 Å². The van der Waals surface area contributed by atoms with Crippen LogP contribution in [0.5, 0.6) is 0 Å². The highest BCUT2D eigenvalue weighted by Gasteiger charge is 2.10. The Bertz CT molecular complexity index is 466. The Labute approximate surface area is 117 Å². The minimum Gasteiger partial charge on any atom is -0.455 e. The largest absolute Gasteiger partial charge is 0.455 e. The molecule has 0 aliphatic carbocycles. The van der Waals surface area contributed by atoms with E-state index in [1.807, 2.05) is 30.3 Å². The summed E-state index contributed by atoms with van der Waals surface area (Å²) in [5.41, 5.74) is 0.859. The predicted octanol–water partition coefficient (Wildman–Crippen LogP) is 2.12. The quantitative estimate of drug-likeness (QED) is 0.490. The lowest BCUT2D eigenvalue weighted by Gasteiger charge is -2.11. The molecule has 0 spiro atoms. The van der Waals surface area contributed by atoms with Crippen LogP contribution in [0.25, 0.3) is 0 Å².